The minimum Gasteiger partial charge on any atom is -0.360 e. The molecule has 0 aliphatic carbocycles. The molecule has 0 bridgehead atoms. The first-order valence-corrected chi connectivity index (χ1v) is 9.41. The average Bonchev–Trinajstić information content (AvgIpc) is 3.33. The molecule has 130 valence electrons. The molecule has 4 nitrogen and oxygen atoms in total. The summed E-state index contributed by atoms with van der Waals surface area (Å²) >= 11 is 1.72. The molecule has 0 aliphatic heterocycles. The van der Waals surface area contributed by atoms with Crippen LogP contribution >= 0.6 is 11.3 Å². The molecule has 0 saturated carbocycles. The lowest BCUT2D eigenvalue weighted by molar-refractivity contribution is 0.112. The highest BCUT2D eigenvalue weighted by Gasteiger charge is 2.10. The SMILES string of the molecule is O=Cc1c[nH]c2ccc(Nc3ccnc4cc(-c5ccccc5)sc34)cc12. The van der Waals surface area contributed by atoms with Crippen molar-refractivity contribution in [1.82, 2.24) is 9.97 Å². The summed E-state index contributed by atoms with van der Waals surface area (Å²) in [5, 5.41) is 4.40. The summed E-state index contributed by atoms with van der Waals surface area (Å²) in [6.45, 7) is 0. The van der Waals surface area contributed by atoms with E-state index in [1.807, 2.05) is 48.7 Å². The molecule has 0 aliphatic rings. The van der Waals surface area contributed by atoms with Crippen LogP contribution in [0.15, 0.2) is 73.1 Å². The number of H-pyrrole nitrogens is 1. The van der Waals surface area contributed by atoms with Crippen LogP contribution in [-0.4, -0.2) is 16.3 Å². The standard InChI is InChI=1S/C22H15N3OS/c26-13-15-12-24-18-7-6-16(10-17(15)18)25-19-8-9-23-20-11-21(27-22(19)20)14-4-2-1-3-5-14/h1-13,24H,(H,23,25). The Morgan fingerprint density at radius 3 is 2.78 bits per heavy atom. The van der Waals surface area contributed by atoms with Crippen LogP contribution in [0.2, 0.25) is 0 Å². The van der Waals surface area contributed by atoms with Crippen molar-refractivity contribution in [3.8, 4) is 10.4 Å². The fourth-order valence-corrected chi connectivity index (χ4v) is 4.34. The molecular weight excluding hydrogens is 354 g/mol. The van der Waals surface area contributed by atoms with Crippen LogP contribution in [-0.2, 0) is 0 Å². The molecule has 0 fully saturated rings. The summed E-state index contributed by atoms with van der Waals surface area (Å²) in [6.07, 6.45) is 4.42. The third-order valence-corrected chi connectivity index (χ3v) is 5.80. The minimum absolute atomic E-state index is 0.663. The summed E-state index contributed by atoms with van der Waals surface area (Å²) < 4.78 is 1.11. The van der Waals surface area contributed by atoms with Gasteiger partial charge in [0.1, 0.15) is 0 Å². The van der Waals surface area contributed by atoms with E-state index in [9.17, 15) is 4.79 Å². The van der Waals surface area contributed by atoms with Crippen molar-refractivity contribution in [1.29, 1.82) is 0 Å². The van der Waals surface area contributed by atoms with E-state index < -0.39 is 0 Å². The number of thiophene rings is 1. The van der Waals surface area contributed by atoms with E-state index in [2.05, 4.69) is 33.5 Å². The van der Waals surface area contributed by atoms with E-state index in [4.69, 9.17) is 0 Å². The van der Waals surface area contributed by atoms with E-state index in [0.717, 1.165) is 38.8 Å². The number of aromatic nitrogens is 2. The van der Waals surface area contributed by atoms with E-state index in [1.165, 1.54) is 10.4 Å². The largest absolute Gasteiger partial charge is 0.360 e. The molecule has 0 unspecified atom stereocenters. The third kappa shape index (κ3) is 2.78. The van der Waals surface area contributed by atoms with Crippen LogP contribution in [0.5, 0.6) is 0 Å². The number of fused-ring (bicyclic) bond motifs is 2. The summed E-state index contributed by atoms with van der Waals surface area (Å²) in [5.41, 5.74) is 5.72. The molecule has 2 aromatic carbocycles. The van der Waals surface area contributed by atoms with Gasteiger partial charge in [-0.25, -0.2) is 0 Å². The Bertz CT molecular complexity index is 1270. The van der Waals surface area contributed by atoms with Crippen LogP contribution in [0.3, 0.4) is 0 Å². The number of carbonyl (C=O) groups excluding carboxylic acids is 1. The molecule has 0 atom stereocenters. The lowest BCUT2D eigenvalue weighted by Crippen LogP contribution is -1.91. The Morgan fingerprint density at radius 1 is 1.04 bits per heavy atom. The van der Waals surface area contributed by atoms with Crippen LogP contribution in [0, 0.1) is 0 Å². The number of hydrogen-bond acceptors (Lipinski definition) is 4. The van der Waals surface area contributed by atoms with Crippen molar-refractivity contribution in [3.63, 3.8) is 0 Å². The summed E-state index contributed by atoms with van der Waals surface area (Å²) in [4.78, 5) is 20.0. The maximum atomic E-state index is 11.2. The average molecular weight is 369 g/mol. The lowest BCUT2D eigenvalue weighted by atomic mass is 10.1. The number of benzene rings is 2. The fraction of sp³-hybridized carbons (Fsp3) is 0. The Balaban J connectivity index is 1.57. The second-order valence-corrected chi connectivity index (χ2v) is 7.35. The Morgan fingerprint density at radius 2 is 1.93 bits per heavy atom. The quantitative estimate of drug-likeness (QED) is 0.382. The van der Waals surface area contributed by atoms with Crippen LogP contribution in [0.1, 0.15) is 10.4 Å². The van der Waals surface area contributed by atoms with Gasteiger partial charge >= 0.3 is 0 Å². The number of carbonyl (C=O) groups is 1. The first-order chi connectivity index (χ1) is 13.3. The molecule has 0 radical (unpaired) electrons. The van der Waals surface area contributed by atoms with Gasteiger partial charge < -0.3 is 10.3 Å². The first kappa shape index (κ1) is 15.8. The molecule has 0 spiro atoms. The molecule has 5 rings (SSSR count). The predicted molar refractivity (Wildman–Crippen MR) is 112 cm³/mol. The van der Waals surface area contributed by atoms with Gasteiger partial charge in [0.15, 0.2) is 6.29 Å². The smallest absolute Gasteiger partial charge is 0.152 e. The van der Waals surface area contributed by atoms with E-state index in [1.54, 1.807) is 17.5 Å². The van der Waals surface area contributed by atoms with Gasteiger partial charge in [0.2, 0.25) is 0 Å². The molecule has 5 heteroatoms. The zero-order chi connectivity index (χ0) is 18.2. The van der Waals surface area contributed by atoms with Crippen LogP contribution in [0.25, 0.3) is 31.6 Å². The van der Waals surface area contributed by atoms with Gasteiger partial charge in [-0.3, -0.25) is 9.78 Å². The summed E-state index contributed by atoms with van der Waals surface area (Å²) in [6, 6.07) is 20.4. The van der Waals surface area contributed by atoms with Gasteiger partial charge in [-0.15, -0.1) is 11.3 Å². The van der Waals surface area contributed by atoms with Gasteiger partial charge in [-0.2, -0.15) is 0 Å². The van der Waals surface area contributed by atoms with E-state index in [-0.39, 0.29) is 0 Å². The molecular formula is C22H15N3OS. The number of rotatable bonds is 4. The minimum atomic E-state index is 0.663. The second-order valence-electron chi connectivity index (χ2n) is 6.30. The molecule has 5 aromatic rings. The number of aromatic amines is 1. The van der Waals surface area contributed by atoms with Crippen molar-refractivity contribution in [3.05, 3.63) is 78.6 Å². The van der Waals surface area contributed by atoms with E-state index in [0.29, 0.717) is 5.56 Å². The Hall–Kier alpha value is -3.44. The molecule has 3 aromatic heterocycles. The molecule has 3 heterocycles. The number of pyridine rings is 1. The first-order valence-electron chi connectivity index (χ1n) is 8.59. The molecule has 0 saturated heterocycles. The molecule has 0 amide bonds. The highest BCUT2D eigenvalue weighted by atomic mass is 32.1. The number of nitrogens with one attached hydrogen (secondary N) is 2. The van der Waals surface area contributed by atoms with E-state index >= 15 is 0 Å². The summed E-state index contributed by atoms with van der Waals surface area (Å²) in [5.74, 6) is 0. The molecule has 2 N–H and O–H groups in total. The van der Waals surface area contributed by atoms with Crippen molar-refractivity contribution in [2.24, 2.45) is 0 Å². The van der Waals surface area contributed by atoms with Crippen LogP contribution in [0.4, 0.5) is 11.4 Å². The maximum absolute atomic E-state index is 11.2. The van der Waals surface area contributed by atoms with Gasteiger partial charge in [0, 0.05) is 39.4 Å². The second kappa shape index (κ2) is 6.37. The van der Waals surface area contributed by atoms with Crippen molar-refractivity contribution in [2.45, 2.75) is 0 Å². The highest BCUT2D eigenvalue weighted by molar-refractivity contribution is 7.22. The fourth-order valence-electron chi connectivity index (χ4n) is 3.25. The number of nitrogens with zero attached hydrogens (tertiary/aromatic N) is 1. The Kier molecular flexibility index (Phi) is 3.73. The van der Waals surface area contributed by atoms with Gasteiger partial charge in [0.25, 0.3) is 0 Å². The topological polar surface area (TPSA) is 57.8 Å². The van der Waals surface area contributed by atoms with Gasteiger partial charge in [-0.05, 0) is 35.9 Å². The zero-order valence-corrected chi connectivity index (χ0v) is 15.1. The van der Waals surface area contributed by atoms with Crippen molar-refractivity contribution in [2.75, 3.05) is 5.32 Å². The zero-order valence-electron chi connectivity index (χ0n) is 14.3. The Labute approximate surface area is 159 Å². The maximum Gasteiger partial charge on any atom is 0.152 e. The predicted octanol–water partition coefficient (Wildman–Crippen LogP) is 6.00. The monoisotopic (exact) mass is 369 g/mol. The lowest BCUT2D eigenvalue weighted by Gasteiger charge is -2.07. The van der Waals surface area contributed by atoms with Crippen molar-refractivity contribution >= 4 is 50.1 Å². The number of aldehydes is 1. The van der Waals surface area contributed by atoms with Crippen LogP contribution < -0.4 is 5.32 Å². The summed E-state index contributed by atoms with van der Waals surface area (Å²) in [7, 11) is 0. The highest BCUT2D eigenvalue weighted by Crippen LogP contribution is 2.37. The normalized spacial score (nSPS) is 11.1. The van der Waals surface area contributed by atoms with Crippen molar-refractivity contribution < 1.29 is 4.79 Å². The molecule has 27 heavy (non-hydrogen) atoms. The van der Waals surface area contributed by atoms with Gasteiger partial charge in [-0.1, -0.05) is 30.3 Å². The number of hydrogen-bond donors (Lipinski definition) is 2. The number of anilines is 2. The third-order valence-electron chi connectivity index (χ3n) is 4.59. The van der Waals surface area contributed by atoms with Gasteiger partial charge in [0.05, 0.1) is 15.9 Å².